The second-order valence-electron chi connectivity index (χ2n) is 7.40. The van der Waals surface area contributed by atoms with E-state index >= 15 is 0 Å². The van der Waals surface area contributed by atoms with Gasteiger partial charge >= 0.3 is 0 Å². The number of rotatable bonds is 11. The number of aromatic nitrogens is 2. The zero-order valence-corrected chi connectivity index (χ0v) is 19.8. The second-order valence-corrected chi connectivity index (χ2v) is 9.30. The van der Waals surface area contributed by atoms with Crippen LogP contribution >= 0.6 is 27.7 Å². The molecule has 1 aliphatic carbocycles. The van der Waals surface area contributed by atoms with E-state index in [1.54, 1.807) is 24.2 Å². The van der Waals surface area contributed by atoms with Gasteiger partial charge in [-0.05, 0) is 49.6 Å². The van der Waals surface area contributed by atoms with E-state index in [9.17, 15) is 0 Å². The van der Waals surface area contributed by atoms with Gasteiger partial charge in [-0.25, -0.2) is 9.97 Å². The highest BCUT2D eigenvalue weighted by Gasteiger charge is 2.20. The maximum atomic E-state index is 5.62. The summed E-state index contributed by atoms with van der Waals surface area (Å²) < 4.78 is 6.74. The summed E-state index contributed by atoms with van der Waals surface area (Å²) in [5, 5.41) is 3.36. The van der Waals surface area contributed by atoms with Crippen LogP contribution in [0.5, 0.6) is 5.75 Å². The molecule has 0 radical (unpaired) electrons. The van der Waals surface area contributed by atoms with E-state index in [4.69, 9.17) is 4.74 Å². The summed E-state index contributed by atoms with van der Waals surface area (Å²) in [6.45, 7) is 5.76. The largest absolute Gasteiger partial charge is 0.489 e. The van der Waals surface area contributed by atoms with Gasteiger partial charge in [0.25, 0.3) is 0 Å². The second kappa shape index (κ2) is 11.6. The molecule has 1 aromatic heterocycles. The van der Waals surface area contributed by atoms with Crippen molar-refractivity contribution in [1.29, 1.82) is 0 Å². The first kappa shape index (κ1) is 22.2. The molecule has 0 saturated heterocycles. The van der Waals surface area contributed by atoms with Gasteiger partial charge in [0.15, 0.2) is 5.75 Å². The van der Waals surface area contributed by atoms with E-state index in [0.29, 0.717) is 24.8 Å². The number of halogens is 1. The maximum Gasteiger partial charge on any atom is 0.223 e. The Kier molecular flexibility index (Phi) is 8.92. The third kappa shape index (κ3) is 6.78. The van der Waals surface area contributed by atoms with Gasteiger partial charge in [-0.3, -0.25) is 0 Å². The van der Waals surface area contributed by atoms with E-state index in [0.717, 1.165) is 29.2 Å². The molecule has 1 N–H and O–H groups in total. The molecule has 1 heterocycles. The van der Waals surface area contributed by atoms with E-state index < -0.39 is 0 Å². The van der Waals surface area contributed by atoms with E-state index in [-0.39, 0.29) is 0 Å². The van der Waals surface area contributed by atoms with Gasteiger partial charge < -0.3 is 15.0 Å². The van der Waals surface area contributed by atoms with Gasteiger partial charge in [-0.2, -0.15) is 11.8 Å². The van der Waals surface area contributed by atoms with Gasteiger partial charge in [0.1, 0.15) is 0 Å². The van der Waals surface area contributed by atoms with Gasteiger partial charge in [0.05, 0.1) is 19.0 Å². The molecule has 0 unspecified atom stereocenters. The summed E-state index contributed by atoms with van der Waals surface area (Å²) in [4.78, 5) is 11.3. The number of nitrogens with zero attached hydrogens (tertiary/aromatic N) is 3. The van der Waals surface area contributed by atoms with Crippen LogP contribution in [0.4, 0.5) is 11.6 Å². The lowest BCUT2D eigenvalue weighted by Crippen LogP contribution is -2.29. The predicted octanol–water partition coefficient (Wildman–Crippen LogP) is 5.61. The molecule has 7 heteroatoms. The van der Waals surface area contributed by atoms with Crippen LogP contribution in [0, 0.1) is 5.92 Å². The monoisotopic (exact) mass is 478 g/mol. The number of nitrogens with one attached hydrogen (secondary N) is 1. The normalized spacial score (nSPS) is 14.2. The fourth-order valence-electron chi connectivity index (χ4n) is 3.78. The molecule has 1 fully saturated rings. The summed E-state index contributed by atoms with van der Waals surface area (Å²) in [6.07, 6.45) is 11.0. The van der Waals surface area contributed by atoms with E-state index in [1.807, 2.05) is 0 Å². The highest BCUT2D eigenvalue weighted by Crippen LogP contribution is 2.31. The van der Waals surface area contributed by atoms with Gasteiger partial charge in [0.2, 0.25) is 5.95 Å². The molecule has 1 aromatic carbocycles. The molecule has 0 aliphatic heterocycles. The molecule has 3 rings (SSSR count). The lowest BCUT2D eigenvalue weighted by atomic mass is 10.1. The fraction of sp³-hybridized carbons (Fsp3) is 0.545. The summed E-state index contributed by atoms with van der Waals surface area (Å²) in [5.74, 6) is 3.11. The quantitative estimate of drug-likeness (QED) is 0.423. The van der Waals surface area contributed by atoms with Crippen molar-refractivity contribution in [2.75, 3.05) is 41.9 Å². The molecule has 158 valence electrons. The highest BCUT2D eigenvalue weighted by atomic mass is 79.9. The molecule has 0 spiro atoms. The van der Waals surface area contributed by atoms with Gasteiger partial charge in [-0.1, -0.05) is 34.8 Å². The summed E-state index contributed by atoms with van der Waals surface area (Å²) in [5.41, 5.74) is 2.55. The Morgan fingerprint density at radius 1 is 1.24 bits per heavy atom. The summed E-state index contributed by atoms with van der Waals surface area (Å²) >= 11 is 5.41. The zero-order valence-electron chi connectivity index (χ0n) is 17.4. The average Bonchev–Trinajstić information content (AvgIpc) is 3.25. The SMILES string of the molecule is CCN(CC1CCCC1)c1cc(Br)ccc1CNc1ncc(OCCSC)cn1. The summed E-state index contributed by atoms with van der Waals surface area (Å²) in [6, 6.07) is 6.52. The molecule has 1 aliphatic rings. The number of benzene rings is 1. The van der Waals surface area contributed by atoms with Crippen LogP contribution in [0.15, 0.2) is 35.1 Å². The van der Waals surface area contributed by atoms with Crippen molar-refractivity contribution in [3.8, 4) is 5.75 Å². The van der Waals surface area contributed by atoms with Crippen LogP contribution in [0.3, 0.4) is 0 Å². The molecule has 0 amide bonds. The highest BCUT2D eigenvalue weighted by molar-refractivity contribution is 9.10. The van der Waals surface area contributed by atoms with Gasteiger partial charge in [0, 0.05) is 35.5 Å². The van der Waals surface area contributed by atoms with Crippen molar-refractivity contribution in [3.05, 3.63) is 40.6 Å². The lowest BCUT2D eigenvalue weighted by molar-refractivity contribution is 0.341. The average molecular weight is 479 g/mol. The van der Waals surface area contributed by atoms with Crippen LogP contribution < -0.4 is 15.0 Å². The van der Waals surface area contributed by atoms with E-state index in [2.05, 4.69) is 67.5 Å². The van der Waals surface area contributed by atoms with Crippen LogP contribution in [-0.4, -0.2) is 41.7 Å². The third-order valence-electron chi connectivity index (χ3n) is 5.34. The Balaban J connectivity index is 1.64. The first-order valence-corrected chi connectivity index (χ1v) is 12.6. The summed E-state index contributed by atoms with van der Waals surface area (Å²) in [7, 11) is 0. The number of ether oxygens (including phenoxy) is 1. The Labute approximate surface area is 187 Å². The standard InChI is InChI=1S/C22H31BrN4OS/c1-3-27(16-17-6-4-5-7-17)21-12-19(23)9-8-18(21)13-24-22-25-14-20(15-26-22)28-10-11-29-2/h8-9,12,14-15,17H,3-7,10-11,13,16H2,1-2H3,(H,24,25,26). The first-order valence-electron chi connectivity index (χ1n) is 10.4. The molecular formula is C22H31BrN4OS. The fourth-order valence-corrected chi connectivity index (χ4v) is 4.38. The van der Waals surface area contributed by atoms with Gasteiger partial charge in [-0.15, -0.1) is 0 Å². The molecule has 0 bridgehead atoms. The van der Waals surface area contributed by atoms with Crippen LogP contribution in [0.25, 0.3) is 0 Å². The molecular weight excluding hydrogens is 448 g/mol. The Bertz CT molecular complexity index is 753. The Morgan fingerprint density at radius 3 is 2.69 bits per heavy atom. The lowest BCUT2D eigenvalue weighted by Gasteiger charge is -2.29. The molecule has 29 heavy (non-hydrogen) atoms. The predicted molar refractivity (Wildman–Crippen MR) is 127 cm³/mol. The number of hydrogen-bond donors (Lipinski definition) is 1. The smallest absolute Gasteiger partial charge is 0.223 e. The maximum absolute atomic E-state index is 5.62. The topological polar surface area (TPSA) is 50.3 Å². The number of hydrogen-bond acceptors (Lipinski definition) is 6. The van der Waals surface area contributed by atoms with Crippen molar-refractivity contribution in [3.63, 3.8) is 0 Å². The minimum atomic E-state index is 0.620. The van der Waals surface area contributed by atoms with Crippen molar-refractivity contribution >= 4 is 39.3 Å². The van der Waals surface area contributed by atoms with Crippen molar-refractivity contribution in [2.45, 2.75) is 39.2 Å². The van der Waals surface area contributed by atoms with E-state index in [1.165, 1.54) is 36.9 Å². The minimum Gasteiger partial charge on any atom is -0.489 e. The zero-order chi connectivity index (χ0) is 20.5. The van der Waals surface area contributed by atoms with Crippen molar-refractivity contribution in [2.24, 2.45) is 5.92 Å². The van der Waals surface area contributed by atoms with Crippen LogP contribution in [-0.2, 0) is 6.54 Å². The molecule has 0 atom stereocenters. The number of thioether (sulfide) groups is 1. The van der Waals surface area contributed by atoms with Crippen molar-refractivity contribution < 1.29 is 4.74 Å². The Morgan fingerprint density at radius 2 is 2.00 bits per heavy atom. The van der Waals surface area contributed by atoms with Crippen LogP contribution in [0.1, 0.15) is 38.2 Å². The molecule has 1 saturated carbocycles. The number of anilines is 2. The van der Waals surface area contributed by atoms with Crippen LogP contribution in [0.2, 0.25) is 0 Å². The third-order valence-corrected chi connectivity index (χ3v) is 6.41. The first-order chi connectivity index (χ1) is 14.2. The Hall–Kier alpha value is -1.47. The minimum absolute atomic E-state index is 0.620. The van der Waals surface area contributed by atoms with Crippen molar-refractivity contribution in [1.82, 2.24) is 9.97 Å². The molecule has 2 aromatic rings. The molecule has 5 nitrogen and oxygen atoms in total.